The molecule has 1 N–H and O–H groups in total. The van der Waals surface area contributed by atoms with E-state index in [1.807, 2.05) is 0 Å². The van der Waals surface area contributed by atoms with Crippen LogP contribution in [-0.2, 0) is 16.2 Å². The van der Waals surface area contributed by atoms with E-state index in [2.05, 4.69) is 21.2 Å². The Balaban J connectivity index is 1.55. The number of nitrogens with zero attached hydrogens (tertiary/aromatic N) is 2. The van der Waals surface area contributed by atoms with E-state index in [1.165, 1.54) is 36.4 Å². The first kappa shape index (κ1) is 24.2. The van der Waals surface area contributed by atoms with E-state index in [0.29, 0.717) is 21.3 Å². The number of nitrogens with one attached hydrogen (secondary N) is 1. The highest BCUT2D eigenvalue weighted by molar-refractivity contribution is 9.10. The van der Waals surface area contributed by atoms with Crippen molar-refractivity contribution in [3.63, 3.8) is 0 Å². The van der Waals surface area contributed by atoms with E-state index in [-0.39, 0.29) is 28.7 Å². The van der Waals surface area contributed by atoms with Crippen LogP contribution in [0.3, 0.4) is 0 Å². The molecule has 4 rings (SSSR count). The number of amides is 2. The van der Waals surface area contributed by atoms with Gasteiger partial charge in [-0.2, -0.15) is 0 Å². The second kappa shape index (κ2) is 10.1. The van der Waals surface area contributed by atoms with Crippen molar-refractivity contribution < 1.29 is 23.6 Å². The monoisotopic (exact) mass is 555 g/mol. The van der Waals surface area contributed by atoms with E-state index in [9.17, 15) is 24.1 Å². The third-order valence-electron chi connectivity index (χ3n) is 4.98. The van der Waals surface area contributed by atoms with Crippen molar-refractivity contribution >= 4 is 62.5 Å². The number of para-hydroxylation sites is 1. The molecule has 8 nitrogen and oxygen atoms in total. The number of hydrogen-bond acceptors (Lipinski definition) is 6. The molecule has 0 aliphatic carbocycles. The molecule has 0 radical (unpaired) electrons. The number of carbonyl (C=O) groups is 2. The molecule has 176 valence electrons. The molecular formula is C24H15BrFN3O5S. The fourth-order valence-electron chi connectivity index (χ4n) is 3.32. The van der Waals surface area contributed by atoms with Crippen LogP contribution >= 0.6 is 28.1 Å². The van der Waals surface area contributed by atoms with Gasteiger partial charge in [0.25, 0.3) is 17.5 Å². The summed E-state index contributed by atoms with van der Waals surface area (Å²) in [6, 6.07) is 16.6. The van der Waals surface area contributed by atoms with Gasteiger partial charge in [0.1, 0.15) is 23.7 Å². The number of non-ortho nitro benzene ring substituents is 1. The van der Waals surface area contributed by atoms with Crippen molar-refractivity contribution in [1.29, 1.82) is 0 Å². The summed E-state index contributed by atoms with van der Waals surface area (Å²) in [5.41, 5.74) is 0.787. The first-order valence-electron chi connectivity index (χ1n) is 10.1. The maximum Gasteiger partial charge on any atom is 0.270 e. The summed E-state index contributed by atoms with van der Waals surface area (Å²) < 4.78 is 20.6. The predicted molar refractivity (Wildman–Crippen MR) is 134 cm³/mol. The third kappa shape index (κ3) is 5.26. The number of halogens is 2. The standard InChI is InChI=1S/C24H15BrFN3O5S/c25-18-12-14(8-9-21(18)34-13-15-4-3-5-16(10-15)29(32)33)11-17-22(30)27-24(35)28(23(17)31)20-7-2-1-6-19(20)26/h1-12H,13H2,(H,27,30,35)/b17-11+. The predicted octanol–water partition coefficient (Wildman–Crippen LogP) is 4.91. The van der Waals surface area contributed by atoms with Gasteiger partial charge < -0.3 is 4.74 Å². The molecular weight excluding hydrogens is 541 g/mol. The number of carbonyl (C=O) groups excluding carboxylic acids is 2. The zero-order valence-electron chi connectivity index (χ0n) is 17.7. The molecule has 3 aromatic rings. The first-order chi connectivity index (χ1) is 16.7. The molecule has 1 aliphatic heterocycles. The molecule has 0 unspecified atom stereocenters. The summed E-state index contributed by atoms with van der Waals surface area (Å²) in [5.74, 6) is -1.67. The van der Waals surface area contributed by atoms with Crippen molar-refractivity contribution in [3.05, 3.63) is 104 Å². The Hall–Kier alpha value is -3.96. The van der Waals surface area contributed by atoms with Gasteiger partial charge in [-0.25, -0.2) is 9.29 Å². The number of hydrogen-bond donors (Lipinski definition) is 1. The summed E-state index contributed by atoms with van der Waals surface area (Å²) in [6.07, 6.45) is 1.36. The number of rotatable bonds is 6. The Labute approximate surface area is 212 Å². The van der Waals surface area contributed by atoms with Crippen LogP contribution in [0.4, 0.5) is 15.8 Å². The molecule has 0 aromatic heterocycles. The Morgan fingerprint density at radius 2 is 1.89 bits per heavy atom. The van der Waals surface area contributed by atoms with Gasteiger partial charge in [-0.3, -0.25) is 25.0 Å². The molecule has 0 bridgehead atoms. The van der Waals surface area contributed by atoms with Crippen LogP contribution in [0.25, 0.3) is 6.08 Å². The van der Waals surface area contributed by atoms with E-state index in [4.69, 9.17) is 17.0 Å². The van der Waals surface area contributed by atoms with Crippen molar-refractivity contribution in [2.24, 2.45) is 0 Å². The lowest BCUT2D eigenvalue weighted by Crippen LogP contribution is -2.54. The minimum Gasteiger partial charge on any atom is -0.488 e. The Kier molecular flexibility index (Phi) is 6.99. The minimum atomic E-state index is -0.758. The van der Waals surface area contributed by atoms with Crippen molar-refractivity contribution in [3.8, 4) is 5.75 Å². The third-order valence-corrected chi connectivity index (χ3v) is 5.88. The number of nitro benzene ring substituents is 1. The topological polar surface area (TPSA) is 102 Å². The van der Waals surface area contributed by atoms with Crippen LogP contribution < -0.4 is 15.0 Å². The highest BCUT2D eigenvalue weighted by Gasteiger charge is 2.35. The number of nitro groups is 1. The Morgan fingerprint density at radius 1 is 1.11 bits per heavy atom. The number of benzene rings is 3. The van der Waals surface area contributed by atoms with Gasteiger partial charge >= 0.3 is 0 Å². The average Bonchev–Trinajstić information content (AvgIpc) is 2.82. The molecule has 1 aliphatic rings. The summed E-state index contributed by atoms with van der Waals surface area (Å²) in [5, 5.41) is 13.1. The number of ether oxygens (including phenoxy) is 1. The first-order valence-corrected chi connectivity index (χ1v) is 11.3. The molecule has 11 heteroatoms. The van der Waals surface area contributed by atoms with E-state index in [0.717, 1.165) is 4.90 Å². The van der Waals surface area contributed by atoms with Crippen molar-refractivity contribution in [2.45, 2.75) is 6.61 Å². The molecule has 2 amide bonds. The normalized spacial score (nSPS) is 14.7. The van der Waals surface area contributed by atoms with Crippen LogP contribution in [0.15, 0.2) is 76.8 Å². The lowest BCUT2D eigenvalue weighted by Gasteiger charge is -2.29. The molecule has 1 fully saturated rings. The largest absolute Gasteiger partial charge is 0.488 e. The number of thiocarbonyl (C=S) groups is 1. The van der Waals surface area contributed by atoms with Gasteiger partial charge in [0.15, 0.2) is 5.11 Å². The maximum absolute atomic E-state index is 14.3. The van der Waals surface area contributed by atoms with Gasteiger partial charge in [-0.05, 0) is 69.6 Å². The molecule has 0 atom stereocenters. The highest BCUT2D eigenvalue weighted by Crippen LogP contribution is 2.29. The Bertz CT molecular complexity index is 1410. The molecule has 1 saturated heterocycles. The highest BCUT2D eigenvalue weighted by atomic mass is 79.9. The fourth-order valence-corrected chi connectivity index (χ4v) is 4.11. The smallest absolute Gasteiger partial charge is 0.270 e. The fraction of sp³-hybridized carbons (Fsp3) is 0.0417. The van der Waals surface area contributed by atoms with Crippen LogP contribution in [0.2, 0.25) is 0 Å². The van der Waals surface area contributed by atoms with Crippen LogP contribution in [0, 0.1) is 15.9 Å². The summed E-state index contributed by atoms with van der Waals surface area (Å²) in [7, 11) is 0. The Morgan fingerprint density at radius 3 is 2.60 bits per heavy atom. The van der Waals surface area contributed by atoms with Gasteiger partial charge in [-0.15, -0.1) is 0 Å². The molecule has 0 spiro atoms. The van der Waals surface area contributed by atoms with Crippen LogP contribution in [0.5, 0.6) is 5.75 Å². The average molecular weight is 556 g/mol. The van der Waals surface area contributed by atoms with Crippen molar-refractivity contribution in [1.82, 2.24) is 5.32 Å². The number of anilines is 1. The van der Waals surface area contributed by atoms with E-state index < -0.39 is 22.6 Å². The molecule has 35 heavy (non-hydrogen) atoms. The van der Waals surface area contributed by atoms with Gasteiger partial charge in [0, 0.05) is 12.1 Å². The van der Waals surface area contributed by atoms with Crippen molar-refractivity contribution in [2.75, 3.05) is 4.90 Å². The zero-order chi connectivity index (χ0) is 25.1. The molecule has 1 heterocycles. The van der Waals surface area contributed by atoms with Crippen LogP contribution in [0.1, 0.15) is 11.1 Å². The van der Waals surface area contributed by atoms with E-state index >= 15 is 0 Å². The van der Waals surface area contributed by atoms with Gasteiger partial charge in [-0.1, -0.05) is 30.3 Å². The SMILES string of the molecule is O=C1NC(=S)N(c2ccccc2F)C(=O)/C1=C/c1ccc(OCc2cccc([N+](=O)[O-])c2)c(Br)c1. The lowest BCUT2D eigenvalue weighted by atomic mass is 10.1. The summed E-state index contributed by atoms with van der Waals surface area (Å²) in [6.45, 7) is 0.0939. The zero-order valence-corrected chi connectivity index (χ0v) is 20.1. The van der Waals surface area contributed by atoms with Gasteiger partial charge in [0.2, 0.25) is 0 Å². The van der Waals surface area contributed by atoms with Gasteiger partial charge in [0.05, 0.1) is 15.1 Å². The van der Waals surface area contributed by atoms with Crippen LogP contribution in [-0.4, -0.2) is 21.9 Å². The van der Waals surface area contributed by atoms with E-state index in [1.54, 1.807) is 36.4 Å². The minimum absolute atomic E-state index is 0.0357. The molecule has 3 aromatic carbocycles. The molecule has 0 saturated carbocycles. The maximum atomic E-state index is 14.3. The second-order valence-electron chi connectivity index (χ2n) is 7.31. The summed E-state index contributed by atoms with van der Waals surface area (Å²) in [4.78, 5) is 36.9. The quantitative estimate of drug-likeness (QED) is 0.152. The summed E-state index contributed by atoms with van der Waals surface area (Å²) >= 11 is 8.48. The second-order valence-corrected chi connectivity index (χ2v) is 8.56. The lowest BCUT2D eigenvalue weighted by molar-refractivity contribution is -0.384.